The lowest BCUT2D eigenvalue weighted by Gasteiger charge is -2.37. The zero-order valence-electron chi connectivity index (χ0n) is 13.7. The molecular weight excluding hydrogens is 381 g/mol. The molecule has 0 aliphatic carbocycles. The van der Waals surface area contributed by atoms with Crippen LogP contribution in [0.15, 0.2) is 54.6 Å². The average molecular weight is 403 g/mol. The zero-order chi connectivity index (χ0) is 16.2. The lowest BCUT2D eigenvalue weighted by Crippen LogP contribution is -2.51. The second-order valence-corrected chi connectivity index (χ2v) is 6.11. The smallest absolute Gasteiger partial charge is 0.244 e. The zero-order valence-corrected chi connectivity index (χ0v) is 16.1. The van der Waals surface area contributed by atoms with E-state index in [0.29, 0.717) is 13.1 Å². The summed E-state index contributed by atoms with van der Waals surface area (Å²) in [5.41, 5.74) is 8.10. The highest BCUT2D eigenvalue weighted by Gasteiger charge is 2.26. The number of benzene rings is 2. The van der Waals surface area contributed by atoms with Crippen LogP contribution in [0.3, 0.4) is 0 Å². The van der Waals surface area contributed by atoms with Gasteiger partial charge in [0, 0.05) is 36.9 Å². The SMILES string of the molecule is Cl.Cl.NC(C(=O)N1CCN(c2ccc(Cl)cc2)CC1)c1ccccc1. The molecule has 1 aliphatic heterocycles. The van der Waals surface area contributed by atoms with Gasteiger partial charge in [-0.15, -0.1) is 24.8 Å². The van der Waals surface area contributed by atoms with Crippen LogP contribution in [0.1, 0.15) is 11.6 Å². The number of rotatable bonds is 3. The molecule has 1 atom stereocenters. The Hall–Kier alpha value is -1.46. The van der Waals surface area contributed by atoms with Gasteiger partial charge in [0.05, 0.1) is 0 Å². The van der Waals surface area contributed by atoms with E-state index in [2.05, 4.69) is 4.90 Å². The number of nitrogens with zero attached hydrogens (tertiary/aromatic N) is 2. The number of nitrogens with two attached hydrogens (primary N) is 1. The Morgan fingerprint density at radius 2 is 1.48 bits per heavy atom. The van der Waals surface area contributed by atoms with Crippen LogP contribution in [0.5, 0.6) is 0 Å². The van der Waals surface area contributed by atoms with E-state index in [0.717, 1.165) is 29.4 Å². The van der Waals surface area contributed by atoms with Gasteiger partial charge in [-0.1, -0.05) is 41.9 Å². The minimum Gasteiger partial charge on any atom is -0.368 e. The molecule has 3 rings (SSSR count). The van der Waals surface area contributed by atoms with Crippen molar-refractivity contribution < 1.29 is 4.79 Å². The first-order valence-corrected chi connectivity index (χ1v) is 8.13. The van der Waals surface area contributed by atoms with Gasteiger partial charge in [0.2, 0.25) is 5.91 Å². The Bertz CT molecular complexity index is 659. The maximum absolute atomic E-state index is 12.6. The van der Waals surface area contributed by atoms with Crippen molar-refractivity contribution in [3.63, 3.8) is 0 Å². The number of carbonyl (C=O) groups is 1. The van der Waals surface area contributed by atoms with Gasteiger partial charge in [0.25, 0.3) is 0 Å². The molecule has 7 heteroatoms. The lowest BCUT2D eigenvalue weighted by atomic mass is 10.1. The molecule has 4 nitrogen and oxygen atoms in total. The molecule has 0 saturated carbocycles. The first kappa shape index (κ1) is 21.6. The van der Waals surface area contributed by atoms with Gasteiger partial charge in [-0.25, -0.2) is 0 Å². The van der Waals surface area contributed by atoms with Crippen LogP contribution in [0.25, 0.3) is 0 Å². The van der Waals surface area contributed by atoms with E-state index >= 15 is 0 Å². The molecule has 1 saturated heterocycles. The van der Waals surface area contributed by atoms with Crippen LogP contribution in [0.2, 0.25) is 5.02 Å². The average Bonchev–Trinajstić information content (AvgIpc) is 2.62. The van der Waals surface area contributed by atoms with E-state index in [1.54, 1.807) is 0 Å². The summed E-state index contributed by atoms with van der Waals surface area (Å²) in [4.78, 5) is 16.7. The molecule has 2 aromatic rings. The minimum absolute atomic E-state index is 0. The molecule has 25 heavy (non-hydrogen) atoms. The predicted molar refractivity (Wildman–Crippen MR) is 108 cm³/mol. The van der Waals surface area contributed by atoms with E-state index in [1.165, 1.54) is 0 Å². The van der Waals surface area contributed by atoms with E-state index < -0.39 is 6.04 Å². The molecule has 1 aliphatic rings. The van der Waals surface area contributed by atoms with E-state index in [4.69, 9.17) is 17.3 Å². The highest BCUT2D eigenvalue weighted by Crippen LogP contribution is 2.20. The van der Waals surface area contributed by atoms with E-state index in [9.17, 15) is 4.79 Å². The molecule has 2 aromatic carbocycles. The van der Waals surface area contributed by atoms with Crippen molar-refractivity contribution >= 4 is 48.0 Å². The highest BCUT2D eigenvalue weighted by atomic mass is 35.5. The van der Waals surface area contributed by atoms with Gasteiger partial charge in [0.15, 0.2) is 0 Å². The molecule has 0 radical (unpaired) electrons. The quantitative estimate of drug-likeness (QED) is 0.854. The number of halogens is 3. The summed E-state index contributed by atoms with van der Waals surface area (Å²) >= 11 is 5.92. The number of amides is 1. The van der Waals surface area contributed by atoms with Crippen molar-refractivity contribution in [2.45, 2.75) is 6.04 Å². The first-order chi connectivity index (χ1) is 11.1. The van der Waals surface area contributed by atoms with Crippen LogP contribution in [-0.2, 0) is 4.79 Å². The van der Waals surface area contributed by atoms with Crippen LogP contribution < -0.4 is 10.6 Å². The van der Waals surface area contributed by atoms with Gasteiger partial charge < -0.3 is 15.5 Å². The number of anilines is 1. The molecule has 0 spiro atoms. The molecular formula is C18H22Cl3N3O. The standard InChI is InChI=1S/C18H20ClN3O.2ClH/c19-15-6-8-16(9-7-15)21-10-12-22(13-11-21)18(23)17(20)14-4-2-1-3-5-14;;/h1-9,17H,10-13,20H2;2*1H. The summed E-state index contributed by atoms with van der Waals surface area (Å²) in [7, 11) is 0. The summed E-state index contributed by atoms with van der Waals surface area (Å²) < 4.78 is 0. The fraction of sp³-hybridized carbons (Fsp3) is 0.278. The Morgan fingerprint density at radius 1 is 0.920 bits per heavy atom. The van der Waals surface area contributed by atoms with Crippen molar-refractivity contribution in [3.8, 4) is 0 Å². The fourth-order valence-corrected chi connectivity index (χ4v) is 2.96. The van der Waals surface area contributed by atoms with Crippen molar-refractivity contribution in [2.75, 3.05) is 31.1 Å². The van der Waals surface area contributed by atoms with E-state index in [-0.39, 0.29) is 30.7 Å². The third-order valence-corrected chi connectivity index (χ3v) is 4.46. The van der Waals surface area contributed by atoms with Crippen LogP contribution in [0.4, 0.5) is 5.69 Å². The number of hydrogen-bond donors (Lipinski definition) is 1. The van der Waals surface area contributed by atoms with Crippen LogP contribution >= 0.6 is 36.4 Å². The topological polar surface area (TPSA) is 49.6 Å². The Labute approximate surface area is 165 Å². The molecule has 1 fully saturated rings. The van der Waals surface area contributed by atoms with Crippen molar-refractivity contribution in [2.24, 2.45) is 5.73 Å². The Balaban J connectivity index is 0.00000156. The summed E-state index contributed by atoms with van der Waals surface area (Å²) in [6, 6.07) is 16.7. The Kier molecular flexibility index (Phi) is 8.53. The third kappa shape index (κ3) is 5.25. The fourth-order valence-electron chi connectivity index (χ4n) is 2.84. The largest absolute Gasteiger partial charge is 0.368 e. The van der Waals surface area contributed by atoms with E-state index in [1.807, 2.05) is 59.5 Å². The summed E-state index contributed by atoms with van der Waals surface area (Å²) in [5, 5.41) is 0.733. The Morgan fingerprint density at radius 3 is 2.04 bits per heavy atom. The van der Waals surface area contributed by atoms with Crippen molar-refractivity contribution in [3.05, 3.63) is 65.2 Å². The monoisotopic (exact) mass is 401 g/mol. The number of piperazine rings is 1. The second-order valence-electron chi connectivity index (χ2n) is 5.68. The van der Waals surface area contributed by atoms with Crippen LogP contribution in [0, 0.1) is 0 Å². The van der Waals surface area contributed by atoms with Crippen molar-refractivity contribution in [1.82, 2.24) is 4.90 Å². The number of carbonyl (C=O) groups excluding carboxylic acids is 1. The van der Waals surface area contributed by atoms with Crippen LogP contribution in [-0.4, -0.2) is 37.0 Å². The second kappa shape index (κ2) is 9.88. The normalized spacial score (nSPS) is 15.0. The minimum atomic E-state index is -0.585. The maximum Gasteiger partial charge on any atom is 0.244 e. The third-order valence-electron chi connectivity index (χ3n) is 4.21. The summed E-state index contributed by atoms with van der Waals surface area (Å²) in [6.45, 7) is 2.97. The number of hydrogen-bond acceptors (Lipinski definition) is 3. The van der Waals surface area contributed by atoms with Gasteiger partial charge in [-0.2, -0.15) is 0 Å². The molecule has 2 N–H and O–H groups in total. The molecule has 0 bridgehead atoms. The van der Waals surface area contributed by atoms with Gasteiger partial charge >= 0.3 is 0 Å². The first-order valence-electron chi connectivity index (χ1n) is 7.75. The maximum atomic E-state index is 12.6. The highest BCUT2D eigenvalue weighted by molar-refractivity contribution is 6.30. The molecule has 136 valence electrons. The van der Waals surface area contributed by atoms with Crippen molar-refractivity contribution in [1.29, 1.82) is 0 Å². The van der Waals surface area contributed by atoms with Gasteiger partial charge in [-0.3, -0.25) is 4.79 Å². The van der Waals surface area contributed by atoms with Gasteiger partial charge in [-0.05, 0) is 29.8 Å². The molecule has 1 heterocycles. The van der Waals surface area contributed by atoms with Gasteiger partial charge in [0.1, 0.15) is 6.04 Å². The molecule has 1 unspecified atom stereocenters. The lowest BCUT2D eigenvalue weighted by molar-refractivity contribution is -0.133. The summed E-state index contributed by atoms with van der Waals surface area (Å²) in [5.74, 6) is -0.00745. The predicted octanol–water partition coefficient (Wildman–Crippen LogP) is 3.53. The molecule has 1 amide bonds. The molecule has 0 aromatic heterocycles. The summed E-state index contributed by atoms with van der Waals surface area (Å²) in [6.07, 6.45) is 0.